The zero-order valence-electron chi connectivity index (χ0n) is 15.5. The first kappa shape index (κ1) is 18.1. The lowest BCUT2D eigenvalue weighted by Crippen LogP contribution is -2.51. The summed E-state index contributed by atoms with van der Waals surface area (Å²) in [5, 5.41) is 14.6. The third-order valence-corrected chi connectivity index (χ3v) is 5.32. The molecule has 146 valence electrons. The van der Waals surface area contributed by atoms with Crippen molar-refractivity contribution < 1.29 is 5.11 Å². The van der Waals surface area contributed by atoms with Gasteiger partial charge in [-0.3, -0.25) is 10.3 Å². The van der Waals surface area contributed by atoms with Crippen molar-refractivity contribution in [3.63, 3.8) is 0 Å². The van der Waals surface area contributed by atoms with E-state index in [9.17, 15) is 5.11 Å². The van der Waals surface area contributed by atoms with Crippen LogP contribution in [0.15, 0.2) is 61.2 Å². The van der Waals surface area contributed by atoms with Gasteiger partial charge >= 0.3 is 0 Å². The summed E-state index contributed by atoms with van der Waals surface area (Å²) < 4.78 is 2.13. The Morgan fingerprint density at radius 3 is 2.62 bits per heavy atom. The van der Waals surface area contributed by atoms with Crippen LogP contribution >= 0.6 is 11.6 Å². The molecule has 0 spiro atoms. The van der Waals surface area contributed by atoms with Crippen molar-refractivity contribution in [2.24, 2.45) is 0 Å². The number of nitrogens with one attached hydrogen (secondary N) is 1. The highest BCUT2D eigenvalue weighted by molar-refractivity contribution is 6.30. The van der Waals surface area contributed by atoms with E-state index in [0.717, 1.165) is 34.4 Å². The largest absolute Gasteiger partial charge is 0.377 e. The van der Waals surface area contributed by atoms with Crippen LogP contribution in [0.25, 0.3) is 27.8 Å². The van der Waals surface area contributed by atoms with Crippen LogP contribution in [0, 0.1) is 0 Å². The maximum atomic E-state index is 9.81. The molecule has 1 fully saturated rings. The van der Waals surface area contributed by atoms with E-state index in [2.05, 4.69) is 30.9 Å². The zero-order valence-corrected chi connectivity index (χ0v) is 16.3. The molecule has 1 aliphatic heterocycles. The minimum Gasteiger partial charge on any atom is -0.377 e. The van der Waals surface area contributed by atoms with Crippen LogP contribution in [0.5, 0.6) is 0 Å². The first-order valence-corrected chi connectivity index (χ1v) is 9.77. The number of halogens is 1. The number of β-amino-alcohol motifs (C(OH)–C–C–N with tert-alkyl or cyclic N) is 1. The number of hydrogen-bond donors (Lipinski definition) is 2. The molecule has 0 saturated carbocycles. The first-order valence-electron chi connectivity index (χ1n) is 9.39. The number of benzene rings is 1. The molecule has 1 saturated heterocycles. The van der Waals surface area contributed by atoms with E-state index in [1.807, 2.05) is 53.8 Å². The second-order valence-corrected chi connectivity index (χ2v) is 7.40. The van der Waals surface area contributed by atoms with Gasteiger partial charge in [-0.1, -0.05) is 11.6 Å². The molecule has 0 aliphatic carbocycles. The molecule has 5 rings (SSSR count). The van der Waals surface area contributed by atoms with Crippen LogP contribution in [0.4, 0.5) is 5.95 Å². The predicted molar refractivity (Wildman–Crippen MR) is 113 cm³/mol. The van der Waals surface area contributed by atoms with Crippen molar-refractivity contribution >= 4 is 28.5 Å². The van der Waals surface area contributed by atoms with Gasteiger partial charge in [-0.15, -0.1) is 0 Å². The number of nitrogens with zero attached hydrogens (tertiary/aromatic N) is 5. The van der Waals surface area contributed by atoms with Crippen molar-refractivity contribution in [3.8, 4) is 16.9 Å². The minimum atomic E-state index is -0.563. The van der Waals surface area contributed by atoms with Gasteiger partial charge in [-0.25, -0.2) is 9.97 Å². The summed E-state index contributed by atoms with van der Waals surface area (Å²) in [6, 6.07) is 11.8. The highest BCUT2D eigenvalue weighted by Crippen LogP contribution is 2.31. The molecule has 0 radical (unpaired) electrons. The molecule has 3 aromatic heterocycles. The topological polar surface area (TPSA) is 79.1 Å². The van der Waals surface area contributed by atoms with Gasteiger partial charge < -0.3 is 14.6 Å². The Labute approximate surface area is 172 Å². The van der Waals surface area contributed by atoms with Gasteiger partial charge in [0.15, 0.2) is 0 Å². The molecular formula is C21H19ClN6O. The molecule has 0 bridgehead atoms. The van der Waals surface area contributed by atoms with Gasteiger partial charge in [0.05, 0.1) is 24.0 Å². The molecule has 1 aliphatic rings. The van der Waals surface area contributed by atoms with Crippen LogP contribution in [0.2, 0.25) is 5.02 Å². The SMILES string of the molecule is OC1CN(c2ncc(-c3cc4ccncc4n3-c3ccc(Cl)cc3)cn2)CCN1. The number of hydrogen-bond acceptors (Lipinski definition) is 6. The van der Waals surface area contributed by atoms with Crippen molar-refractivity contribution in [3.05, 3.63) is 66.2 Å². The van der Waals surface area contributed by atoms with Crippen LogP contribution in [0.1, 0.15) is 0 Å². The number of aliphatic hydroxyl groups is 1. The van der Waals surface area contributed by atoms with Crippen LogP contribution in [0.3, 0.4) is 0 Å². The molecule has 29 heavy (non-hydrogen) atoms. The maximum absolute atomic E-state index is 9.81. The number of fused-ring (bicyclic) bond motifs is 1. The molecule has 7 nitrogen and oxygen atoms in total. The molecule has 1 aromatic carbocycles. The first-order chi connectivity index (χ1) is 14.2. The lowest BCUT2D eigenvalue weighted by molar-refractivity contribution is 0.130. The van der Waals surface area contributed by atoms with E-state index < -0.39 is 6.23 Å². The van der Waals surface area contributed by atoms with Crippen molar-refractivity contribution in [2.45, 2.75) is 6.23 Å². The van der Waals surface area contributed by atoms with Crippen molar-refractivity contribution in [1.29, 1.82) is 0 Å². The van der Waals surface area contributed by atoms with E-state index in [-0.39, 0.29) is 0 Å². The number of piperazine rings is 1. The summed E-state index contributed by atoms with van der Waals surface area (Å²) in [7, 11) is 0. The molecule has 0 amide bonds. The number of anilines is 1. The van der Waals surface area contributed by atoms with Crippen LogP contribution in [-0.4, -0.2) is 50.5 Å². The molecule has 4 heterocycles. The van der Waals surface area contributed by atoms with Crippen molar-refractivity contribution in [2.75, 3.05) is 24.5 Å². The van der Waals surface area contributed by atoms with Gasteiger partial charge in [-0.2, -0.15) is 0 Å². The third-order valence-electron chi connectivity index (χ3n) is 5.06. The second kappa shape index (κ2) is 7.44. The third kappa shape index (κ3) is 3.44. The summed E-state index contributed by atoms with van der Waals surface area (Å²) in [5.41, 5.74) is 3.86. The van der Waals surface area contributed by atoms with Crippen LogP contribution in [-0.2, 0) is 0 Å². The monoisotopic (exact) mass is 406 g/mol. The zero-order chi connectivity index (χ0) is 19.8. The normalized spacial score (nSPS) is 17.0. The minimum absolute atomic E-state index is 0.468. The fraction of sp³-hybridized carbons (Fsp3) is 0.190. The van der Waals surface area contributed by atoms with Crippen LogP contribution < -0.4 is 10.2 Å². The number of pyridine rings is 1. The summed E-state index contributed by atoms with van der Waals surface area (Å²) >= 11 is 6.08. The summed E-state index contributed by atoms with van der Waals surface area (Å²) in [6.45, 7) is 1.92. The van der Waals surface area contributed by atoms with E-state index >= 15 is 0 Å². The van der Waals surface area contributed by atoms with E-state index in [1.165, 1.54) is 0 Å². The Morgan fingerprint density at radius 2 is 1.86 bits per heavy atom. The summed E-state index contributed by atoms with van der Waals surface area (Å²) in [6.07, 6.45) is 6.72. The van der Waals surface area contributed by atoms with E-state index in [1.54, 1.807) is 6.20 Å². The predicted octanol–water partition coefficient (Wildman–Crippen LogP) is 2.86. The lowest BCUT2D eigenvalue weighted by atomic mass is 10.2. The average molecular weight is 407 g/mol. The Morgan fingerprint density at radius 1 is 1.07 bits per heavy atom. The van der Waals surface area contributed by atoms with Gasteiger partial charge in [0, 0.05) is 53.3 Å². The van der Waals surface area contributed by atoms with Crippen molar-refractivity contribution in [1.82, 2.24) is 24.8 Å². The molecular weight excluding hydrogens is 388 g/mol. The highest BCUT2D eigenvalue weighted by atomic mass is 35.5. The fourth-order valence-corrected chi connectivity index (χ4v) is 3.78. The number of rotatable bonds is 3. The highest BCUT2D eigenvalue weighted by Gasteiger charge is 2.20. The van der Waals surface area contributed by atoms with Gasteiger partial charge in [0.1, 0.15) is 6.23 Å². The Bertz CT molecular complexity index is 1140. The number of aliphatic hydroxyl groups excluding tert-OH is 1. The van der Waals surface area contributed by atoms with E-state index in [4.69, 9.17) is 11.6 Å². The van der Waals surface area contributed by atoms with Gasteiger partial charge in [0.25, 0.3) is 0 Å². The smallest absolute Gasteiger partial charge is 0.225 e. The Hall–Kier alpha value is -3.00. The number of aromatic nitrogens is 4. The van der Waals surface area contributed by atoms with Gasteiger partial charge in [-0.05, 0) is 36.4 Å². The Balaban J connectivity index is 1.58. The lowest BCUT2D eigenvalue weighted by Gasteiger charge is -2.30. The molecule has 2 N–H and O–H groups in total. The average Bonchev–Trinajstić information content (AvgIpc) is 3.14. The Kier molecular flexibility index (Phi) is 4.63. The quantitative estimate of drug-likeness (QED) is 0.544. The van der Waals surface area contributed by atoms with Gasteiger partial charge in [0.2, 0.25) is 5.95 Å². The standard InChI is InChI=1S/C21H19ClN6O/c22-16-1-3-17(4-2-16)28-18(9-14-5-6-23-12-19(14)28)15-10-25-21(26-11-15)27-8-7-24-20(29)13-27/h1-6,9-12,20,24,29H,7-8,13H2. The molecule has 1 atom stereocenters. The molecule has 8 heteroatoms. The maximum Gasteiger partial charge on any atom is 0.225 e. The summed E-state index contributed by atoms with van der Waals surface area (Å²) in [5.74, 6) is 0.616. The molecule has 4 aromatic rings. The molecule has 1 unspecified atom stereocenters. The van der Waals surface area contributed by atoms with E-state index in [0.29, 0.717) is 24.1 Å². The fourth-order valence-electron chi connectivity index (χ4n) is 3.66. The second-order valence-electron chi connectivity index (χ2n) is 6.96. The summed E-state index contributed by atoms with van der Waals surface area (Å²) in [4.78, 5) is 15.4.